The van der Waals surface area contributed by atoms with E-state index in [1.54, 1.807) is 6.20 Å². The van der Waals surface area contributed by atoms with Crippen LogP contribution in [0.5, 0.6) is 0 Å². The molecule has 1 aromatic carbocycles. The van der Waals surface area contributed by atoms with Gasteiger partial charge in [-0.2, -0.15) is 5.26 Å². The highest BCUT2D eigenvalue weighted by Crippen LogP contribution is 2.24. The molecule has 8 heteroatoms. The molecule has 2 aromatic rings. The Kier molecular flexibility index (Phi) is 6.32. The maximum absolute atomic E-state index is 9.06. The van der Waals surface area contributed by atoms with E-state index in [1.807, 2.05) is 48.4 Å². The Labute approximate surface area is 176 Å². The molecule has 8 nitrogen and oxygen atoms in total. The quantitative estimate of drug-likeness (QED) is 0.760. The summed E-state index contributed by atoms with van der Waals surface area (Å²) in [5, 5.41) is 9.06. The average Bonchev–Trinajstić information content (AvgIpc) is 3.04. The van der Waals surface area contributed by atoms with E-state index in [9.17, 15) is 0 Å². The van der Waals surface area contributed by atoms with E-state index < -0.39 is 0 Å². The maximum atomic E-state index is 9.06. The number of benzene rings is 1. The molecule has 4 rings (SSSR count). The molecule has 3 heterocycles. The molecule has 1 saturated heterocycles. The van der Waals surface area contributed by atoms with Crippen molar-refractivity contribution in [3.8, 4) is 6.07 Å². The van der Waals surface area contributed by atoms with Gasteiger partial charge in [0, 0.05) is 26.4 Å². The van der Waals surface area contributed by atoms with Crippen LogP contribution in [-0.2, 0) is 9.47 Å². The lowest BCUT2D eigenvalue weighted by molar-refractivity contribution is 0.0561. The Bertz CT molecular complexity index is 952. The van der Waals surface area contributed by atoms with Gasteiger partial charge >= 0.3 is 0 Å². The first kappa shape index (κ1) is 20.0. The first-order valence-corrected chi connectivity index (χ1v) is 9.95. The van der Waals surface area contributed by atoms with Crippen LogP contribution in [0.4, 0.5) is 0 Å². The molecule has 1 fully saturated rings. The van der Waals surface area contributed by atoms with E-state index in [0.29, 0.717) is 32.1 Å². The number of aliphatic imine (C=N–C) groups is 1. The van der Waals surface area contributed by atoms with Gasteiger partial charge in [0.2, 0.25) is 5.96 Å². The van der Waals surface area contributed by atoms with Gasteiger partial charge in [-0.05, 0) is 36.3 Å². The molecule has 0 N–H and O–H groups in total. The van der Waals surface area contributed by atoms with Gasteiger partial charge in [-0.3, -0.25) is 0 Å². The van der Waals surface area contributed by atoms with Crippen LogP contribution in [-0.4, -0.2) is 65.8 Å². The summed E-state index contributed by atoms with van der Waals surface area (Å²) < 4.78 is 11.9. The van der Waals surface area contributed by atoms with Gasteiger partial charge in [0.15, 0.2) is 0 Å². The summed E-state index contributed by atoms with van der Waals surface area (Å²) >= 11 is 0. The standard InChI is InChI=1S/C22H24N6O2/c1-27-16-29-12-8-20(19-7-9-24-15-25-19)26-22(27)28-10-2-11-30-21(14-28)18-5-3-17(13-23)4-6-18/h3-9,15,21H,2,10-12,14,16H2,1H3/b20-8-,26-22?/t21-/m1/s1. The van der Waals surface area contributed by atoms with Gasteiger partial charge < -0.3 is 19.3 Å². The second kappa shape index (κ2) is 9.48. The molecule has 0 amide bonds. The smallest absolute Gasteiger partial charge is 0.203 e. The van der Waals surface area contributed by atoms with Crippen LogP contribution < -0.4 is 0 Å². The Hall–Kier alpha value is -3.28. The summed E-state index contributed by atoms with van der Waals surface area (Å²) in [5.74, 6) is 0.823. The Morgan fingerprint density at radius 2 is 2.07 bits per heavy atom. The van der Waals surface area contributed by atoms with Gasteiger partial charge in [0.1, 0.15) is 19.2 Å². The molecule has 154 valence electrons. The van der Waals surface area contributed by atoms with Crippen LogP contribution in [0, 0.1) is 11.3 Å². The highest BCUT2D eigenvalue weighted by atomic mass is 16.5. The molecular formula is C22H24N6O2. The minimum Gasteiger partial charge on any atom is -0.372 e. The predicted octanol–water partition coefficient (Wildman–Crippen LogP) is 2.43. The molecule has 0 radical (unpaired) electrons. The van der Waals surface area contributed by atoms with Crippen molar-refractivity contribution in [2.75, 3.05) is 40.1 Å². The van der Waals surface area contributed by atoms with Crippen molar-refractivity contribution in [2.45, 2.75) is 12.5 Å². The van der Waals surface area contributed by atoms with E-state index in [2.05, 4.69) is 20.9 Å². The zero-order chi connectivity index (χ0) is 20.8. The fourth-order valence-electron chi connectivity index (χ4n) is 3.52. The minimum atomic E-state index is -0.103. The summed E-state index contributed by atoms with van der Waals surface area (Å²) in [6.45, 7) is 3.07. The van der Waals surface area contributed by atoms with E-state index >= 15 is 0 Å². The first-order valence-electron chi connectivity index (χ1n) is 9.95. The highest BCUT2D eigenvalue weighted by molar-refractivity contribution is 5.86. The molecule has 0 aliphatic carbocycles. The van der Waals surface area contributed by atoms with E-state index in [-0.39, 0.29) is 6.10 Å². The third-order valence-electron chi connectivity index (χ3n) is 5.06. The van der Waals surface area contributed by atoms with Crippen molar-refractivity contribution < 1.29 is 9.47 Å². The molecule has 0 spiro atoms. The number of nitrogens with zero attached hydrogens (tertiary/aromatic N) is 6. The zero-order valence-corrected chi connectivity index (χ0v) is 16.9. The lowest BCUT2D eigenvalue weighted by atomic mass is 10.1. The van der Waals surface area contributed by atoms with Gasteiger partial charge in [0.25, 0.3) is 0 Å². The number of ether oxygens (including phenoxy) is 2. The second-order valence-corrected chi connectivity index (χ2v) is 7.19. The molecule has 0 bridgehead atoms. The Morgan fingerprint density at radius 3 is 2.83 bits per heavy atom. The normalized spacial score (nSPS) is 22.1. The van der Waals surface area contributed by atoms with E-state index in [4.69, 9.17) is 19.7 Å². The molecule has 1 atom stereocenters. The third kappa shape index (κ3) is 4.64. The Balaban J connectivity index is 1.63. The fourth-order valence-corrected chi connectivity index (χ4v) is 3.52. The van der Waals surface area contributed by atoms with Crippen molar-refractivity contribution >= 4 is 11.7 Å². The van der Waals surface area contributed by atoms with Crippen molar-refractivity contribution in [1.29, 1.82) is 5.26 Å². The third-order valence-corrected chi connectivity index (χ3v) is 5.06. The summed E-state index contributed by atoms with van der Waals surface area (Å²) in [6.07, 6.45) is 5.97. The van der Waals surface area contributed by atoms with Crippen LogP contribution in [0.25, 0.3) is 5.70 Å². The molecular weight excluding hydrogens is 380 g/mol. The van der Waals surface area contributed by atoms with Crippen molar-refractivity contribution in [2.24, 2.45) is 4.99 Å². The van der Waals surface area contributed by atoms with Crippen LogP contribution in [0.3, 0.4) is 0 Å². The first-order chi connectivity index (χ1) is 14.7. The van der Waals surface area contributed by atoms with E-state index in [1.165, 1.54) is 6.33 Å². The molecule has 1 aromatic heterocycles. The van der Waals surface area contributed by atoms with Gasteiger partial charge in [-0.15, -0.1) is 0 Å². The largest absolute Gasteiger partial charge is 0.372 e. The highest BCUT2D eigenvalue weighted by Gasteiger charge is 2.26. The monoisotopic (exact) mass is 404 g/mol. The van der Waals surface area contributed by atoms with Crippen LogP contribution in [0.15, 0.2) is 53.9 Å². The summed E-state index contributed by atoms with van der Waals surface area (Å²) in [6, 6.07) is 11.6. The average molecular weight is 404 g/mol. The number of hydrogen-bond donors (Lipinski definition) is 0. The lowest BCUT2D eigenvalue weighted by Crippen LogP contribution is -2.45. The van der Waals surface area contributed by atoms with Crippen molar-refractivity contribution in [3.05, 3.63) is 65.8 Å². The molecule has 0 saturated carbocycles. The zero-order valence-electron chi connectivity index (χ0n) is 16.9. The summed E-state index contributed by atoms with van der Waals surface area (Å²) in [5.41, 5.74) is 3.22. The molecule has 2 aliphatic heterocycles. The van der Waals surface area contributed by atoms with Gasteiger partial charge in [-0.1, -0.05) is 12.1 Å². The van der Waals surface area contributed by atoms with Gasteiger partial charge in [0.05, 0.1) is 36.2 Å². The van der Waals surface area contributed by atoms with Crippen LogP contribution >= 0.6 is 0 Å². The SMILES string of the molecule is CN1COC/C=C(/c2ccncn2)N=C1N1CCCO[C@@H](c2ccc(C#N)cc2)C1. The van der Waals surface area contributed by atoms with Gasteiger partial charge in [-0.25, -0.2) is 15.0 Å². The minimum absolute atomic E-state index is 0.103. The number of nitriles is 1. The fraction of sp³-hybridized carbons (Fsp3) is 0.364. The lowest BCUT2D eigenvalue weighted by Gasteiger charge is -2.33. The number of rotatable bonds is 2. The van der Waals surface area contributed by atoms with E-state index in [0.717, 1.165) is 35.9 Å². The topological polar surface area (TPSA) is 86.9 Å². The van der Waals surface area contributed by atoms with Crippen molar-refractivity contribution in [1.82, 2.24) is 19.8 Å². The van der Waals surface area contributed by atoms with Crippen LogP contribution in [0.2, 0.25) is 0 Å². The van der Waals surface area contributed by atoms with Crippen molar-refractivity contribution in [3.63, 3.8) is 0 Å². The maximum Gasteiger partial charge on any atom is 0.203 e. The number of guanidine groups is 1. The predicted molar refractivity (Wildman–Crippen MR) is 112 cm³/mol. The summed E-state index contributed by atoms with van der Waals surface area (Å²) in [7, 11) is 1.98. The number of hydrogen-bond acceptors (Lipinski definition) is 8. The second-order valence-electron chi connectivity index (χ2n) is 7.19. The number of aromatic nitrogens is 2. The Morgan fingerprint density at radius 1 is 1.20 bits per heavy atom. The molecule has 2 aliphatic rings. The summed E-state index contributed by atoms with van der Waals surface area (Å²) in [4.78, 5) is 17.6. The molecule has 30 heavy (non-hydrogen) atoms. The van der Waals surface area contributed by atoms with Crippen LogP contribution in [0.1, 0.15) is 29.3 Å². The molecule has 0 unspecified atom stereocenters.